The number of nitrogens with one attached hydrogen (secondary N) is 3. The van der Waals surface area contributed by atoms with Crippen molar-refractivity contribution in [1.29, 1.82) is 0 Å². The number of amides is 3. The lowest BCUT2D eigenvalue weighted by Crippen LogP contribution is -2.57. The highest BCUT2D eigenvalue weighted by molar-refractivity contribution is 7.13. The Morgan fingerprint density at radius 3 is 2.58 bits per heavy atom. The number of thiazole rings is 1. The lowest BCUT2D eigenvalue weighted by molar-refractivity contribution is -0.275. The summed E-state index contributed by atoms with van der Waals surface area (Å²) in [7, 11) is 1.58. The number of methoxy groups -OCH3 is 1. The number of fused-ring (bicyclic) bond motifs is 3. The number of hydrogen-bond donors (Lipinski definition) is 3. The van der Waals surface area contributed by atoms with Crippen molar-refractivity contribution >= 4 is 45.6 Å². The molecule has 342 valence electrons. The highest BCUT2D eigenvalue weighted by atomic mass is 32.1. The summed E-state index contributed by atoms with van der Waals surface area (Å²) in [6.45, 7) is 8.59. The van der Waals surface area contributed by atoms with Crippen molar-refractivity contribution in [2.75, 3.05) is 25.5 Å². The normalized spacial score (nSPS) is 24.6. The van der Waals surface area contributed by atoms with E-state index in [1.807, 2.05) is 42.7 Å². The maximum atomic E-state index is 15.0. The van der Waals surface area contributed by atoms with Gasteiger partial charge in [0, 0.05) is 53.0 Å². The maximum Gasteiger partial charge on any atom is 0.573 e. The molecule has 8 rings (SSSR count). The van der Waals surface area contributed by atoms with E-state index >= 15 is 0 Å². The van der Waals surface area contributed by atoms with E-state index < -0.39 is 53.5 Å². The zero-order chi connectivity index (χ0) is 45.6. The molecular weight excluding hydrogens is 853 g/mol. The Labute approximate surface area is 373 Å². The van der Waals surface area contributed by atoms with E-state index in [9.17, 15) is 31.9 Å². The average molecular weight is 907 g/mol. The van der Waals surface area contributed by atoms with Crippen molar-refractivity contribution in [2.24, 2.45) is 11.3 Å². The number of halogens is 4. The number of allylic oxidation sites excluding steroid dienone is 1. The molecule has 3 N–H and O–H groups in total. The van der Waals surface area contributed by atoms with Crippen LogP contribution < -0.4 is 30.2 Å². The van der Waals surface area contributed by atoms with Gasteiger partial charge in [0.25, 0.3) is 0 Å². The number of aromatic nitrogens is 2. The van der Waals surface area contributed by atoms with E-state index in [1.165, 1.54) is 22.3 Å². The Kier molecular flexibility index (Phi) is 12.6. The van der Waals surface area contributed by atoms with Gasteiger partial charge in [-0.05, 0) is 81.0 Å². The number of nitrogens with zero attached hydrogens (tertiary/aromatic N) is 3. The molecule has 4 aromatic rings. The van der Waals surface area contributed by atoms with Crippen molar-refractivity contribution < 1.29 is 46.2 Å². The number of pyridine rings is 1. The lowest BCUT2D eigenvalue weighted by Gasteiger charge is -2.30. The van der Waals surface area contributed by atoms with Gasteiger partial charge >= 0.3 is 6.36 Å². The zero-order valence-electron chi connectivity index (χ0n) is 36.6. The average Bonchev–Trinajstić information content (AvgIpc) is 3.99. The summed E-state index contributed by atoms with van der Waals surface area (Å²) in [5.41, 5.74) is 1.76. The number of carbonyl (C=O) groups excluding carboxylic acids is 3. The van der Waals surface area contributed by atoms with Crippen LogP contribution in [-0.4, -0.2) is 82.9 Å². The Morgan fingerprint density at radius 1 is 1.06 bits per heavy atom. The van der Waals surface area contributed by atoms with Gasteiger partial charge in [0.05, 0.1) is 24.9 Å². The topological polar surface area (TPSA) is 144 Å². The molecule has 3 fully saturated rings. The number of hydrogen-bond acceptors (Lipinski definition) is 10. The first-order valence-corrected chi connectivity index (χ1v) is 22.8. The molecule has 2 aliphatic heterocycles. The van der Waals surface area contributed by atoms with E-state index in [0.717, 1.165) is 55.5 Å². The predicted molar refractivity (Wildman–Crippen MR) is 235 cm³/mol. The third-order valence-electron chi connectivity index (χ3n) is 12.9. The third kappa shape index (κ3) is 9.78. The molecule has 2 aromatic carbocycles. The molecule has 1 saturated heterocycles. The number of anilines is 1. The van der Waals surface area contributed by atoms with Crippen molar-refractivity contribution in [3.05, 3.63) is 71.0 Å². The lowest BCUT2D eigenvalue weighted by atomic mass is 10.0. The molecule has 2 aromatic heterocycles. The monoisotopic (exact) mass is 906 g/mol. The first-order valence-electron chi connectivity index (χ1n) is 22.0. The van der Waals surface area contributed by atoms with Crippen LogP contribution >= 0.6 is 11.3 Å². The highest BCUT2D eigenvalue weighted by Gasteiger charge is 2.61. The minimum Gasteiger partial charge on any atom is -0.496 e. The molecule has 4 heterocycles. The number of alkyl halides is 3. The van der Waals surface area contributed by atoms with Crippen LogP contribution in [0.15, 0.2) is 53.9 Å². The van der Waals surface area contributed by atoms with Crippen molar-refractivity contribution in [2.45, 2.75) is 121 Å². The minimum atomic E-state index is -5.15. The molecule has 64 heavy (non-hydrogen) atoms. The molecular formula is C47H54F4N6O6S. The first kappa shape index (κ1) is 45.1. The number of ether oxygens (including phenoxy) is 3. The highest BCUT2D eigenvalue weighted by Crippen LogP contribution is 2.48. The van der Waals surface area contributed by atoms with Crippen LogP contribution in [0.5, 0.6) is 17.2 Å². The summed E-state index contributed by atoms with van der Waals surface area (Å²) in [5, 5.41) is 12.6. The van der Waals surface area contributed by atoms with Crippen LogP contribution in [0.4, 0.5) is 23.2 Å². The van der Waals surface area contributed by atoms with Gasteiger partial charge in [0.2, 0.25) is 17.7 Å². The Hall–Kier alpha value is -5.45. The second-order valence-corrected chi connectivity index (χ2v) is 19.1. The number of rotatable bonds is 11. The molecule has 0 spiro atoms. The third-order valence-corrected chi connectivity index (χ3v) is 13.8. The molecule has 0 bridgehead atoms. The molecule has 3 amide bonds. The smallest absolute Gasteiger partial charge is 0.496 e. The van der Waals surface area contributed by atoms with Crippen molar-refractivity contribution in [1.82, 2.24) is 25.5 Å². The predicted octanol–water partition coefficient (Wildman–Crippen LogP) is 8.98. The van der Waals surface area contributed by atoms with Gasteiger partial charge in [-0.25, -0.2) is 14.4 Å². The Bertz CT molecular complexity index is 2460. The summed E-state index contributed by atoms with van der Waals surface area (Å²) in [4.78, 5) is 55.0. The van der Waals surface area contributed by atoms with Gasteiger partial charge in [0.1, 0.15) is 45.9 Å². The van der Waals surface area contributed by atoms with Crippen LogP contribution in [0.3, 0.4) is 0 Å². The van der Waals surface area contributed by atoms with Crippen LogP contribution in [-0.2, 0) is 14.4 Å². The van der Waals surface area contributed by atoms with Crippen LogP contribution in [0, 0.1) is 24.1 Å². The van der Waals surface area contributed by atoms with Gasteiger partial charge < -0.3 is 35.1 Å². The summed E-state index contributed by atoms with van der Waals surface area (Å²) in [5.74, 6) is -2.52. The van der Waals surface area contributed by atoms with E-state index in [-0.39, 0.29) is 48.2 Å². The number of benzene rings is 2. The van der Waals surface area contributed by atoms with Crippen LogP contribution in [0.2, 0.25) is 0 Å². The SMILES string of the molecule is COc1ccc2c(OC3CC4C(=O)NC5(C(=O)NCC6(C)CC6)CC5C=CCCCCCC(Nc5ccc(F)c(OC(F)(F)F)c5)C(=O)N4C3)cc(-c3nc(C(C)C)cs3)nc2c1C. The molecule has 5 atom stereocenters. The molecule has 17 heteroatoms. The summed E-state index contributed by atoms with van der Waals surface area (Å²) >= 11 is 1.46. The zero-order valence-corrected chi connectivity index (χ0v) is 37.4. The first-order chi connectivity index (χ1) is 30.5. The maximum absolute atomic E-state index is 15.0. The standard InChI is InChI=1S/C47H54F4N6O6S/c1-26(2)35-24-64-42(55-35)34-21-38(31-14-16-37(61-5)27(3)40(31)54-34)62-30-20-36-41(58)56-46(44(60)52-25-45(4)17-18-45)22-28(46)11-9-7-6-8-10-12-33(43(59)57(36)23-30)53-29-13-15-32(48)39(19-29)63-47(49,50)51/h9,11,13-16,19,21,24,26,28,30,33,36,53H,6-8,10,12,17-18,20,22-23,25H2,1-5H3,(H,52,60)(H,56,58). The van der Waals surface area contributed by atoms with Crippen molar-refractivity contribution in [3.8, 4) is 28.0 Å². The van der Waals surface area contributed by atoms with Gasteiger partial charge in [-0.2, -0.15) is 0 Å². The molecule has 12 nitrogen and oxygen atoms in total. The molecule has 4 aliphatic rings. The quantitative estimate of drug-likeness (QED) is 0.0993. The van der Waals surface area contributed by atoms with Gasteiger partial charge in [-0.1, -0.05) is 45.8 Å². The summed E-state index contributed by atoms with van der Waals surface area (Å²) < 4.78 is 70.6. The largest absolute Gasteiger partial charge is 0.573 e. The number of aryl methyl sites for hydroxylation is 1. The fourth-order valence-corrected chi connectivity index (χ4v) is 9.60. The van der Waals surface area contributed by atoms with E-state index in [2.05, 4.69) is 41.5 Å². The minimum absolute atomic E-state index is 0.0260. The van der Waals surface area contributed by atoms with Gasteiger partial charge in [0.15, 0.2) is 11.6 Å². The molecule has 2 aliphatic carbocycles. The van der Waals surface area contributed by atoms with E-state index in [1.54, 1.807) is 7.11 Å². The molecule has 0 radical (unpaired) electrons. The van der Waals surface area contributed by atoms with Gasteiger partial charge in [-0.15, -0.1) is 24.5 Å². The Balaban J connectivity index is 1.15. The number of carbonyl (C=O) groups is 3. The molecule has 5 unspecified atom stereocenters. The van der Waals surface area contributed by atoms with Crippen LogP contribution in [0.1, 0.15) is 95.7 Å². The second-order valence-electron chi connectivity index (χ2n) is 18.2. The molecule has 2 saturated carbocycles. The summed E-state index contributed by atoms with van der Waals surface area (Å²) in [6, 6.07) is 6.30. The second kappa shape index (κ2) is 17.8. The van der Waals surface area contributed by atoms with E-state index in [4.69, 9.17) is 19.4 Å². The van der Waals surface area contributed by atoms with Crippen LogP contribution in [0.25, 0.3) is 21.6 Å². The van der Waals surface area contributed by atoms with Crippen molar-refractivity contribution in [3.63, 3.8) is 0 Å². The van der Waals surface area contributed by atoms with E-state index in [0.29, 0.717) is 52.5 Å². The Morgan fingerprint density at radius 2 is 1.86 bits per heavy atom. The fourth-order valence-electron chi connectivity index (χ4n) is 8.66. The fraction of sp³-hybridized carbons (Fsp3) is 0.511. The summed E-state index contributed by atoms with van der Waals surface area (Å²) in [6.07, 6.45) is 3.66. The van der Waals surface area contributed by atoms with Gasteiger partial charge in [-0.3, -0.25) is 14.4 Å².